The van der Waals surface area contributed by atoms with Crippen LogP contribution in [0.25, 0.3) is 0 Å². The molecule has 1 aliphatic heterocycles. The van der Waals surface area contributed by atoms with Crippen LogP contribution in [0.15, 0.2) is 42.5 Å². The van der Waals surface area contributed by atoms with E-state index in [0.29, 0.717) is 23.6 Å². The van der Waals surface area contributed by atoms with E-state index in [2.05, 4.69) is 16.6 Å². The van der Waals surface area contributed by atoms with Crippen molar-refractivity contribution in [3.8, 4) is 18.1 Å². The van der Waals surface area contributed by atoms with Crippen molar-refractivity contribution in [1.82, 2.24) is 0 Å². The fourth-order valence-electron chi connectivity index (χ4n) is 2.23. The minimum atomic E-state index is -0.218. The highest BCUT2D eigenvalue weighted by Gasteiger charge is 2.18. The average Bonchev–Trinajstić information content (AvgIpc) is 2.54. The van der Waals surface area contributed by atoms with Crippen LogP contribution in [0.4, 0.5) is 11.4 Å². The van der Waals surface area contributed by atoms with Crippen LogP contribution in [0.2, 0.25) is 0 Å². The van der Waals surface area contributed by atoms with E-state index in [1.807, 2.05) is 24.3 Å². The molecule has 0 spiro atoms. The summed E-state index contributed by atoms with van der Waals surface area (Å²) in [6, 6.07) is 12.6. The molecule has 1 heterocycles. The molecule has 2 N–H and O–H groups in total. The molecule has 4 heteroatoms. The van der Waals surface area contributed by atoms with Crippen LogP contribution in [-0.4, -0.2) is 19.1 Å². The van der Waals surface area contributed by atoms with Crippen molar-refractivity contribution >= 4 is 17.3 Å². The fraction of sp³-hybridized carbons (Fsp3) is 0.118. The van der Waals surface area contributed by atoms with E-state index >= 15 is 0 Å². The molecule has 3 rings (SSSR count). The number of hydrogen-bond acceptors (Lipinski definition) is 3. The molecule has 0 saturated heterocycles. The third-order valence-electron chi connectivity index (χ3n) is 3.21. The summed E-state index contributed by atoms with van der Waals surface area (Å²) in [5.74, 6) is 2.92. The molecule has 104 valence electrons. The third-order valence-corrected chi connectivity index (χ3v) is 3.21. The van der Waals surface area contributed by atoms with Gasteiger partial charge >= 0.3 is 0 Å². The van der Waals surface area contributed by atoms with Crippen LogP contribution in [0.5, 0.6) is 5.75 Å². The smallest absolute Gasteiger partial charge is 0.259 e. The minimum absolute atomic E-state index is 0.218. The van der Waals surface area contributed by atoms with Gasteiger partial charge in [0.05, 0.1) is 11.3 Å². The maximum Gasteiger partial charge on any atom is 0.259 e. The van der Waals surface area contributed by atoms with Gasteiger partial charge in [0.1, 0.15) is 6.61 Å². The largest absolute Gasteiger partial charge is 0.489 e. The molecule has 0 saturated carbocycles. The molecule has 2 aromatic carbocycles. The number of nitrogens with one attached hydrogen (secondary N) is 2. The van der Waals surface area contributed by atoms with Crippen molar-refractivity contribution in [3.05, 3.63) is 53.6 Å². The molecule has 0 aliphatic carbocycles. The Morgan fingerprint density at radius 2 is 2.14 bits per heavy atom. The standard InChI is InChI=1S/C17H14N2O2/c1-2-12-5-3-6-13(11-12)19-17(20)14-7-4-8-15-16(14)21-10-9-18-15/h1,3-8,11,18H,9-10H2,(H,19,20). The Hall–Kier alpha value is -2.93. The lowest BCUT2D eigenvalue weighted by Gasteiger charge is -2.21. The Bertz CT molecular complexity index is 732. The SMILES string of the molecule is C#Cc1cccc(NC(=O)c2cccc3c2OCCN3)c1. The summed E-state index contributed by atoms with van der Waals surface area (Å²) >= 11 is 0. The van der Waals surface area contributed by atoms with E-state index in [4.69, 9.17) is 11.2 Å². The number of carbonyl (C=O) groups is 1. The molecule has 21 heavy (non-hydrogen) atoms. The van der Waals surface area contributed by atoms with Gasteiger partial charge in [-0.15, -0.1) is 6.42 Å². The molecule has 0 fully saturated rings. The van der Waals surface area contributed by atoms with Gasteiger partial charge in [0.15, 0.2) is 5.75 Å². The van der Waals surface area contributed by atoms with Crippen LogP contribution >= 0.6 is 0 Å². The number of ether oxygens (including phenoxy) is 1. The van der Waals surface area contributed by atoms with Crippen molar-refractivity contribution in [2.24, 2.45) is 0 Å². The Balaban J connectivity index is 1.87. The Labute approximate surface area is 123 Å². The summed E-state index contributed by atoms with van der Waals surface area (Å²) in [5, 5.41) is 6.05. The van der Waals surface area contributed by atoms with Crippen molar-refractivity contribution in [2.45, 2.75) is 0 Å². The molecule has 1 aliphatic rings. The van der Waals surface area contributed by atoms with Crippen molar-refractivity contribution in [3.63, 3.8) is 0 Å². The molecule has 0 unspecified atom stereocenters. The number of para-hydroxylation sites is 1. The summed E-state index contributed by atoms with van der Waals surface area (Å²) in [7, 11) is 0. The molecule has 2 aromatic rings. The summed E-state index contributed by atoms with van der Waals surface area (Å²) in [6.07, 6.45) is 5.36. The Morgan fingerprint density at radius 1 is 1.29 bits per heavy atom. The van der Waals surface area contributed by atoms with Crippen LogP contribution in [0.3, 0.4) is 0 Å². The zero-order valence-electron chi connectivity index (χ0n) is 11.3. The number of rotatable bonds is 2. The molecular formula is C17H14N2O2. The van der Waals surface area contributed by atoms with E-state index < -0.39 is 0 Å². The maximum atomic E-state index is 12.4. The van der Waals surface area contributed by atoms with E-state index in [1.165, 1.54) is 0 Å². The molecular weight excluding hydrogens is 264 g/mol. The fourth-order valence-corrected chi connectivity index (χ4v) is 2.23. The normalized spacial score (nSPS) is 12.3. The first-order valence-corrected chi connectivity index (χ1v) is 6.65. The van der Waals surface area contributed by atoms with Crippen molar-refractivity contribution in [2.75, 3.05) is 23.8 Å². The Kier molecular flexibility index (Phi) is 3.48. The number of hydrogen-bond donors (Lipinski definition) is 2. The van der Waals surface area contributed by atoms with Crippen molar-refractivity contribution < 1.29 is 9.53 Å². The van der Waals surface area contributed by atoms with Gasteiger partial charge in [0.25, 0.3) is 5.91 Å². The lowest BCUT2D eigenvalue weighted by Crippen LogP contribution is -2.21. The van der Waals surface area contributed by atoms with E-state index in [9.17, 15) is 4.79 Å². The number of terminal acetylenes is 1. The highest BCUT2D eigenvalue weighted by atomic mass is 16.5. The predicted molar refractivity (Wildman–Crippen MR) is 82.8 cm³/mol. The second-order valence-electron chi connectivity index (χ2n) is 4.64. The second-order valence-corrected chi connectivity index (χ2v) is 4.64. The number of benzene rings is 2. The summed E-state index contributed by atoms with van der Waals surface area (Å²) in [6.45, 7) is 1.28. The van der Waals surface area contributed by atoms with Gasteiger partial charge < -0.3 is 15.4 Å². The molecule has 4 nitrogen and oxygen atoms in total. The molecule has 0 atom stereocenters. The number of carbonyl (C=O) groups excluding carboxylic acids is 1. The summed E-state index contributed by atoms with van der Waals surface area (Å²) in [5.41, 5.74) is 2.73. The van der Waals surface area contributed by atoms with Gasteiger partial charge in [-0.25, -0.2) is 0 Å². The highest BCUT2D eigenvalue weighted by molar-refractivity contribution is 6.07. The molecule has 0 radical (unpaired) electrons. The van der Waals surface area contributed by atoms with Crippen molar-refractivity contribution in [1.29, 1.82) is 0 Å². The second kappa shape index (κ2) is 5.59. The predicted octanol–water partition coefficient (Wildman–Crippen LogP) is 2.72. The first-order chi connectivity index (χ1) is 10.3. The lowest BCUT2D eigenvalue weighted by atomic mass is 10.1. The minimum Gasteiger partial charge on any atom is -0.489 e. The zero-order valence-corrected chi connectivity index (χ0v) is 11.3. The Morgan fingerprint density at radius 3 is 3.00 bits per heavy atom. The van der Waals surface area contributed by atoms with Crippen LogP contribution < -0.4 is 15.4 Å². The molecule has 0 aromatic heterocycles. The number of amides is 1. The van der Waals surface area contributed by atoms with Gasteiger partial charge in [-0.1, -0.05) is 18.1 Å². The maximum absolute atomic E-state index is 12.4. The average molecular weight is 278 g/mol. The third kappa shape index (κ3) is 2.67. The van der Waals surface area contributed by atoms with E-state index in [-0.39, 0.29) is 5.91 Å². The highest BCUT2D eigenvalue weighted by Crippen LogP contribution is 2.31. The van der Waals surface area contributed by atoms with Gasteiger partial charge in [0, 0.05) is 17.8 Å². The van der Waals surface area contributed by atoms with Gasteiger partial charge in [-0.3, -0.25) is 4.79 Å². The zero-order chi connectivity index (χ0) is 14.7. The summed E-state index contributed by atoms with van der Waals surface area (Å²) in [4.78, 5) is 12.4. The first kappa shape index (κ1) is 13.1. The number of fused-ring (bicyclic) bond motifs is 1. The first-order valence-electron chi connectivity index (χ1n) is 6.65. The topological polar surface area (TPSA) is 50.4 Å². The monoisotopic (exact) mass is 278 g/mol. The van der Waals surface area contributed by atoms with Crippen LogP contribution in [-0.2, 0) is 0 Å². The molecule has 1 amide bonds. The number of anilines is 2. The quantitative estimate of drug-likeness (QED) is 0.830. The van der Waals surface area contributed by atoms with Gasteiger partial charge in [-0.05, 0) is 30.3 Å². The van der Waals surface area contributed by atoms with E-state index in [0.717, 1.165) is 17.8 Å². The van der Waals surface area contributed by atoms with Crippen LogP contribution in [0, 0.1) is 12.3 Å². The van der Waals surface area contributed by atoms with Crippen LogP contribution in [0.1, 0.15) is 15.9 Å². The molecule has 0 bridgehead atoms. The van der Waals surface area contributed by atoms with Gasteiger partial charge in [-0.2, -0.15) is 0 Å². The lowest BCUT2D eigenvalue weighted by molar-refractivity contribution is 0.102. The van der Waals surface area contributed by atoms with Gasteiger partial charge in [0.2, 0.25) is 0 Å². The van der Waals surface area contributed by atoms with E-state index in [1.54, 1.807) is 18.2 Å². The summed E-state index contributed by atoms with van der Waals surface area (Å²) < 4.78 is 5.60.